The van der Waals surface area contributed by atoms with Crippen LogP contribution in [0.5, 0.6) is 17.2 Å². The molecule has 3 atom stereocenters. The second-order valence-corrected chi connectivity index (χ2v) is 12.1. The predicted molar refractivity (Wildman–Crippen MR) is 161 cm³/mol. The second-order valence-electron chi connectivity index (χ2n) is 10.9. The number of nitrogens with one attached hydrogen (secondary N) is 4. The van der Waals surface area contributed by atoms with Gasteiger partial charge in [0, 0.05) is 6.42 Å². The molecule has 4 heterocycles. The fourth-order valence-electron chi connectivity index (χ4n) is 4.69. The Balaban J connectivity index is 1.41. The Kier molecular flexibility index (Phi) is 8.81. The number of phenolic OH excluding ortho intramolecular Hbond substituents is 1. The van der Waals surface area contributed by atoms with Crippen molar-refractivity contribution in [2.45, 2.75) is 58.8 Å². The van der Waals surface area contributed by atoms with Crippen LogP contribution >= 0.6 is 11.3 Å². The van der Waals surface area contributed by atoms with E-state index in [0.29, 0.717) is 22.2 Å². The van der Waals surface area contributed by atoms with Crippen LogP contribution < -0.4 is 26.0 Å². The molecule has 230 valence electrons. The van der Waals surface area contributed by atoms with Crippen molar-refractivity contribution in [2.75, 3.05) is 0 Å². The number of hydrogen-bond donors (Lipinski definition) is 5. The highest BCUT2D eigenvalue weighted by Crippen LogP contribution is 2.28. The van der Waals surface area contributed by atoms with Crippen LogP contribution in [0.4, 0.5) is 0 Å². The SMILES string of the molecule is Cc1nn2cc(CNC(=O)[C@H]3Cc4ccc(cc4)Oc4ccc(O)c(c4)C(=O)N[C@@H](C(C)C)C(=O)N[C@@H](C)C(=O)N3)nc2s1. The van der Waals surface area contributed by atoms with Gasteiger partial charge in [-0.05, 0) is 55.7 Å². The van der Waals surface area contributed by atoms with Crippen LogP contribution in [0.15, 0.2) is 48.7 Å². The molecular weight excluding hydrogens is 586 g/mol. The molecule has 44 heavy (non-hydrogen) atoms. The van der Waals surface area contributed by atoms with Crippen molar-refractivity contribution >= 4 is 39.9 Å². The van der Waals surface area contributed by atoms with Crippen LogP contribution in [-0.2, 0) is 27.3 Å². The molecule has 2 aliphatic heterocycles. The Morgan fingerprint density at radius 1 is 1.09 bits per heavy atom. The molecule has 0 unspecified atom stereocenters. The van der Waals surface area contributed by atoms with E-state index >= 15 is 0 Å². The number of aromatic nitrogens is 3. The molecule has 2 aliphatic rings. The van der Waals surface area contributed by atoms with Gasteiger partial charge in [0.1, 0.15) is 40.4 Å². The van der Waals surface area contributed by atoms with Crippen LogP contribution in [0.3, 0.4) is 0 Å². The first kappa shape index (κ1) is 30.5. The van der Waals surface area contributed by atoms with E-state index in [1.807, 2.05) is 6.92 Å². The van der Waals surface area contributed by atoms with Crippen LogP contribution in [0.25, 0.3) is 4.96 Å². The van der Waals surface area contributed by atoms with Crippen LogP contribution in [0.2, 0.25) is 0 Å². The molecule has 6 rings (SSSR count). The summed E-state index contributed by atoms with van der Waals surface area (Å²) in [6.45, 7) is 6.99. The first-order valence-corrected chi connectivity index (χ1v) is 14.9. The number of carbonyl (C=O) groups excluding carboxylic acids is 4. The number of imidazole rings is 1. The molecule has 2 aromatic heterocycles. The van der Waals surface area contributed by atoms with Crippen LogP contribution in [0.1, 0.15) is 47.4 Å². The fraction of sp³-hybridized carbons (Fsp3) is 0.333. The zero-order valence-corrected chi connectivity index (χ0v) is 25.4. The summed E-state index contributed by atoms with van der Waals surface area (Å²) in [5.74, 6) is -2.17. The third kappa shape index (κ3) is 6.97. The lowest BCUT2D eigenvalue weighted by atomic mass is 10.0. The molecule has 0 aliphatic carbocycles. The minimum atomic E-state index is -1.03. The summed E-state index contributed by atoms with van der Waals surface area (Å²) in [5.41, 5.74) is 1.29. The first-order valence-electron chi connectivity index (χ1n) is 14.1. The van der Waals surface area contributed by atoms with Gasteiger partial charge < -0.3 is 31.1 Å². The Bertz CT molecular complexity index is 1680. The summed E-state index contributed by atoms with van der Waals surface area (Å²) in [4.78, 5) is 58.1. The monoisotopic (exact) mass is 619 g/mol. The van der Waals surface area contributed by atoms with Gasteiger partial charge in [0.2, 0.25) is 22.7 Å². The molecule has 4 amide bonds. The molecule has 14 heteroatoms. The maximum absolute atomic E-state index is 13.4. The molecule has 4 aromatic rings. The van der Waals surface area contributed by atoms with Gasteiger partial charge in [-0.15, -0.1) is 0 Å². The van der Waals surface area contributed by atoms with E-state index in [9.17, 15) is 24.3 Å². The number of nitrogens with zero attached hydrogens (tertiary/aromatic N) is 3. The number of aryl methyl sites for hydroxylation is 1. The standard InChI is InChI=1S/C30H33N7O6S/c1-15(2)25-29(42)32-16(3)26(39)34-23(28(41)31-13-19-14-37-30(33-19)44-17(4)36-37)11-18-5-7-20(8-6-18)43-21-9-10-24(38)22(12-21)27(40)35-25/h5-10,12,14-16,23,25,38H,11,13H2,1-4H3,(H,31,41)(H,32,42)(H,34,39)(H,35,40)/t16-,23+,25-/m0/s1. The van der Waals surface area contributed by atoms with Crippen molar-refractivity contribution in [3.8, 4) is 17.2 Å². The highest BCUT2D eigenvalue weighted by atomic mass is 32.1. The van der Waals surface area contributed by atoms with Gasteiger partial charge in [0.05, 0.1) is 24.0 Å². The minimum absolute atomic E-state index is 0.0694. The van der Waals surface area contributed by atoms with Crippen molar-refractivity contribution in [3.05, 3.63) is 70.5 Å². The fourth-order valence-corrected chi connectivity index (χ4v) is 5.43. The van der Waals surface area contributed by atoms with Crippen molar-refractivity contribution in [2.24, 2.45) is 5.92 Å². The highest BCUT2D eigenvalue weighted by Gasteiger charge is 2.30. The van der Waals surface area contributed by atoms with Crippen LogP contribution in [0, 0.1) is 12.8 Å². The van der Waals surface area contributed by atoms with Gasteiger partial charge in [-0.3, -0.25) is 19.2 Å². The molecule has 4 bridgehead atoms. The number of rotatable bonds is 4. The minimum Gasteiger partial charge on any atom is -0.507 e. The van der Waals surface area contributed by atoms with Crippen molar-refractivity contribution in [1.29, 1.82) is 0 Å². The van der Waals surface area contributed by atoms with Gasteiger partial charge in [-0.2, -0.15) is 5.10 Å². The molecule has 0 radical (unpaired) electrons. The van der Waals surface area contributed by atoms with Gasteiger partial charge in [0.15, 0.2) is 0 Å². The van der Waals surface area contributed by atoms with E-state index in [1.54, 1.807) is 48.8 Å². The molecule has 0 spiro atoms. The topological polar surface area (TPSA) is 176 Å². The summed E-state index contributed by atoms with van der Waals surface area (Å²) in [7, 11) is 0. The largest absolute Gasteiger partial charge is 0.507 e. The van der Waals surface area contributed by atoms with E-state index in [4.69, 9.17) is 4.74 Å². The molecule has 0 saturated carbocycles. The molecule has 0 fully saturated rings. The summed E-state index contributed by atoms with van der Waals surface area (Å²) >= 11 is 1.43. The van der Waals surface area contributed by atoms with Gasteiger partial charge in [0.25, 0.3) is 5.91 Å². The first-order chi connectivity index (χ1) is 21.0. The molecule has 0 saturated heterocycles. The molecule has 5 N–H and O–H groups in total. The van der Waals surface area contributed by atoms with Crippen molar-refractivity contribution in [1.82, 2.24) is 35.9 Å². The zero-order chi connectivity index (χ0) is 31.5. The smallest absolute Gasteiger partial charge is 0.255 e. The third-order valence-electron chi connectivity index (χ3n) is 7.07. The lowest BCUT2D eigenvalue weighted by Gasteiger charge is -2.25. The lowest BCUT2D eigenvalue weighted by molar-refractivity contribution is -0.132. The number of ether oxygens (including phenoxy) is 1. The summed E-state index contributed by atoms with van der Waals surface area (Å²) in [6.07, 6.45) is 1.89. The number of carbonyl (C=O) groups is 4. The summed E-state index contributed by atoms with van der Waals surface area (Å²) < 4.78 is 7.55. The number of phenols is 1. The van der Waals surface area contributed by atoms with Gasteiger partial charge in [-0.25, -0.2) is 9.50 Å². The average molecular weight is 620 g/mol. The summed E-state index contributed by atoms with van der Waals surface area (Å²) in [6, 6.07) is 8.13. The number of aromatic hydroxyl groups is 1. The lowest BCUT2D eigenvalue weighted by Crippen LogP contribution is -2.57. The number of hydrogen-bond acceptors (Lipinski definition) is 9. The Labute approximate surface area is 257 Å². The normalized spacial score (nSPS) is 19.5. The van der Waals surface area contributed by atoms with E-state index in [0.717, 1.165) is 10.6 Å². The highest BCUT2D eigenvalue weighted by molar-refractivity contribution is 7.16. The predicted octanol–water partition coefficient (Wildman–Crippen LogP) is 2.21. The Morgan fingerprint density at radius 3 is 2.52 bits per heavy atom. The maximum atomic E-state index is 13.4. The van der Waals surface area contributed by atoms with Gasteiger partial charge in [-0.1, -0.05) is 37.3 Å². The Morgan fingerprint density at radius 2 is 1.82 bits per heavy atom. The van der Waals surface area contributed by atoms with E-state index < -0.39 is 41.8 Å². The van der Waals surface area contributed by atoms with E-state index in [2.05, 4.69) is 31.3 Å². The van der Waals surface area contributed by atoms with Crippen molar-refractivity contribution in [3.63, 3.8) is 0 Å². The zero-order valence-electron chi connectivity index (χ0n) is 24.6. The quantitative estimate of drug-likeness (QED) is 0.216. The van der Waals surface area contributed by atoms with E-state index in [1.165, 1.54) is 36.5 Å². The van der Waals surface area contributed by atoms with Crippen LogP contribution in [-0.4, -0.2) is 61.5 Å². The molecule has 13 nitrogen and oxygen atoms in total. The average Bonchev–Trinajstić information content (AvgIpc) is 3.52. The second kappa shape index (κ2) is 12.7. The number of fused-ring (bicyclic) bond motifs is 12. The number of benzene rings is 2. The molecular formula is C30H33N7O6S. The Hall–Kier alpha value is -4.98. The summed E-state index contributed by atoms with van der Waals surface area (Å²) in [5, 5.41) is 26.4. The van der Waals surface area contributed by atoms with Crippen molar-refractivity contribution < 1.29 is 29.0 Å². The van der Waals surface area contributed by atoms with Gasteiger partial charge >= 0.3 is 0 Å². The molecule has 2 aromatic carbocycles. The third-order valence-corrected chi connectivity index (χ3v) is 7.91. The number of amides is 4. The maximum Gasteiger partial charge on any atom is 0.255 e. The van der Waals surface area contributed by atoms with E-state index in [-0.39, 0.29) is 30.2 Å².